The van der Waals surface area contributed by atoms with Crippen LogP contribution < -0.4 is 5.43 Å². The Morgan fingerprint density at radius 3 is 2.67 bits per heavy atom. The highest BCUT2D eigenvalue weighted by Crippen LogP contribution is 2.20. The topological polar surface area (TPSA) is 44.7 Å². The number of piperidine rings is 1. The summed E-state index contributed by atoms with van der Waals surface area (Å²) in [6.07, 6.45) is 2.34. The summed E-state index contributed by atoms with van der Waals surface area (Å²) in [5.74, 6) is 0.712. The average molecular weight is 326 g/mol. The second-order valence-corrected chi connectivity index (χ2v) is 6.67. The first-order valence-corrected chi connectivity index (χ1v) is 8.41. The van der Waals surface area contributed by atoms with Crippen LogP contribution in [0.1, 0.15) is 19.3 Å². The van der Waals surface area contributed by atoms with E-state index in [1.807, 2.05) is 24.3 Å². The summed E-state index contributed by atoms with van der Waals surface area (Å²) in [6, 6.07) is 7.64. The number of hydrazone groups is 1. The second kappa shape index (κ2) is 8.41. The first-order valence-electron chi connectivity index (χ1n) is 7.04. The van der Waals surface area contributed by atoms with Crippen molar-refractivity contribution in [3.05, 3.63) is 29.3 Å². The number of thioether (sulfide) groups is 1. The summed E-state index contributed by atoms with van der Waals surface area (Å²) in [5.41, 5.74) is 3.75. The van der Waals surface area contributed by atoms with Crippen molar-refractivity contribution in [2.24, 2.45) is 5.10 Å². The molecule has 1 aliphatic heterocycles. The van der Waals surface area contributed by atoms with Crippen LogP contribution in [0.2, 0.25) is 5.02 Å². The third-order valence-electron chi connectivity index (χ3n) is 3.31. The van der Waals surface area contributed by atoms with Crippen molar-refractivity contribution < 1.29 is 4.79 Å². The number of likely N-dealkylation sites (tertiary alicyclic amines) is 1. The second-order valence-electron chi connectivity index (χ2n) is 5.07. The molecule has 1 heterocycles. The van der Waals surface area contributed by atoms with E-state index in [9.17, 15) is 4.79 Å². The summed E-state index contributed by atoms with van der Waals surface area (Å²) in [5, 5.41) is 4.95. The summed E-state index contributed by atoms with van der Waals surface area (Å²) < 4.78 is 0. The fourth-order valence-corrected chi connectivity index (χ4v) is 2.96. The Bertz CT molecular complexity index is 494. The minimum atomic E-state index is -0.0251. The lowest BCUT2D eigenvalue weighted by molar-refractivity contribution is -0.120. The Labute approximate surface area is 134 Å². The number of carbonyl (C=O) groups excluding carboxylic acids is 1. The van der Waals surface area contributed by atoms with Gasteiger partial charge in [-0.05, 0) is 31.3 Å². The third-order valence-corrected chi connectivity index (χ3v) is 4.58. The molecule has 1 N–H and O–H groups in total. The zero-order valence-electron chi connectivity index (χ0n) is 12.1. The lowest BCUT2D eigenvalue weighted by Gasteiger charge is -2.22. The number of halogens is 1. The van der Waals surface area contributed by atoms with Gasteiger partial charge in [0.1, 0.15) is 0 Å². The molecule has 21 heavy (non-hydrogen) atoms. The van der Waals surface area contributed by atoms with Gasteiger partial charge < -0.3 is 4.90 Å². The van der Waals surface area contributed by atoms with Crippen LogP contribution in [-0.2, 0) is 4.79 Å². The normalized spacial score (nSPS) is 15.8. The first-order chi connectivity index (χ1) is 10.1. The molecule has 0 unspecified atom stereocenters. The molecular weight excluding hydrogens is 306 g/mol. The van der Waals surface area contributed by atoms with Crippen LogP contribution in [0.25, 0.3) is 0 Å². The zero-order chi connectivity index (χ0) is 15.1. The molecule has 1 amide bonds. The quantitative estimate of drug-likeness (QED) is 0.668. The molecule has 1 aliphatic rings. The van der Waals surface area contributed by atoms with Gasteiger partial charge in [0.2, 0.25) is 5.91 Å². The highest BCUT2D eigenvalue weighted by molar-refractivity contribution is 7.99. The van der Waals surface area contributed by atoms with Gasteiger partial charge in [-0.1, -0.05) is 11.6 Å². The maximum absolute atomic E-state index is 11.7. The van der Waals surface area contributed by atoms with Gasteiger partial charge in [-0.15, -0.1) is 11.8 Å². The Morgan fingerprint density at radius 2 is 2.00 bits per heavy atom. The number of benzene rings is 1. The molecule has 0 bridgehead atoms. The molecule has 1 aromatic carbocycles. The number of carbonyl (C=O) groups is 1. The Hall–Kier alpha value is -1.04. The minimum Gasteiger partial charge on any atom is -0.306 e. The molecule has 114 valence electrons. The van der Waals surface area contributed by atoms with Gasteiger partial charge in [0.05, 0.1) is 0 Å². The predicted molar refractivity (Wildman–Crippen MR) is 89.1 cm³/mol. The van der Waals surface area contributed by atoms with Crippen molar-refractivity contribution >= 4 is 35.0 Å². The lowest BCUT2D eigenvalue weighted by atomic mass is 10.1. The number of hydrogen-bond acceptors (Lipinski definition) is 4. The number of nitrogens with zero attached hydrogens (tertiary/aromatic N) is 2. The average Bonchev–Trinajstić information content (AvgIpc) is 2.49. The number of rotatable bonds is 5. The van der Waals surface area contributed by atoms with Gasteiger partial charge in [-0.2, -0.15) is 5.10 Å². The van der Waals surface area contributed by atoms with Crippen molar-refractivity contribution in [3.8, 4) is 0 Å². The van der Waals surface area contributed by atoms with E-state index >= 15 is 0 Å². The summed E-state index contributed by atoms with van der Waals surface area (Å²) in [4.78, 5) is 15.1. The molecule has 0 saturated carbocycles. The monoisotopic (exact) mass is 325 g/mol. The van der Waals surface area contributed by atoms with Crippen LogP contribution in [0, 0.1) is 0 Å². The van der Waals surface area contributed by atoms with Crippen molar-refractivity contribution in [1.29, 1.82) is 0 Å². The minimum absolute atomic E-state index is 0.0251. The highest BCUT2D eigenvalue weighted by atomic mass is 35.5. The van der Waals surface area contributed by atoms with E-state index < -0.39 is 0 Å². The Morgan fingerprint density at radius 1 is 1.33 bits per heavy atom. The van der Waals surface area contributed by atoms with E-state index in [0.717, 1.165) is 47.3 Å². The molecule has 1 aromatic rings. The highest BCUT2D eigenvalue weighted by Gasteiger charge is 2.11. The van der Waals surface area contributed by atoms with Crippen molar-refractivity contribution in [3.63, 3.8) is 0 Å². The summed E-state index contributed by atoms with van der Waals surface area (Å²) in [7, 11) is 2.10. The van der Waals surface area contributed by atoms with Gasteiger partial charge in [0, 0.05) is 53.7 Å². The smallest absolute Gasteiger partial charge is 0.240 e. The van der Waals surface area contributed by atoms with Crippen LogP contribution in [-0.4, -0.2) is 42.4 Å². The van der Waals surface area contributed by atoms with Crippen LogP contribution in [0.4, 0.5) is 0 Å². The van der Waals surface area contributed by atoms with Crippen LogP contribution in [0.3, 0.4) is 0 Å². The summed E-state index contributed by atoms with van der Waals surface area (Å²) in [6.45, 7) is 2.03. The van der Waals surface area contributed by atoms with Gasteiger partial charge >= 0.3 is 0 Å². The van der Waals surface area contributed by atoms with E-state index in [1.165, 1.54) is 0 Å². The lowest BCUT2D eigenvalue weighted by Crippen LogP contribution is -2.32. The van der Waals surface area contributed by atoms with E-state index in [0.29, 0.717) is 6.42 Å². The molecule has 0 spiro atoms. The standard InChI is InChI=1S/C15H20ClN3OS/c1-19-9-6-13(7-10-19)17-18-15(20)8-11-21-14-4-2-12(16)3-5-14/h2-5H,6-11H2,1H3,(H,18,20). The van der Waals surface area contributed by atoms with E-state index in [-0.39, 0.29) is 5.91 Å². The van der Waals surface area contributed by atoms with Gasteiger partial charge in [0.25, 0.3) is 0 Å². The molecule has 0 atom stereocenters. The maximum Gasteiger partial charge on any atom is 0.240 e. The molecule has 2 rings (SSSR count). The molecule has 1 saturated heterocycles. The van der Waals surface area contributed by atoms with Crippen LogP contribution in [0.5, 0.6) is 0 Å². The summed E-state index contributed by atoms with van der Waals surface area (Å²) >= 11 is 7.47. The molecule has 0 radical (unpaired) electrons. The molecule has 0 aromatic heterocycles. The van der Waals surface area contributed by atoms with Crippen LogP contribution >= 0.6 is 23.4 Å². The molecule has 6 heteroatoms. The molecule has 4 nitrogen and oxygen atoms in total. The zero-order valence-corrected chi connectivity index (χ0v) is 13.7. The fraction of sp³-hybridized carbons (Fsp3) is 0.467. The first kappa shape index (κ1) is 16.3. The van der Waals surface area contributed by atoms with Gasteiger partial charge in [-0.3, -0.25) is 4.79 Å². The maximum atomic E-state index is 11.7. The SMILES string of the molecule is CN1CCC(=NNC(=O)CCSc2ccc(Cl)cc2)CC1. The third kappa shape index (κ3) is 6.08. The fourth-order valence-electron chi connectivity index (χ4n) is 1.98. The Kier molecular flexibility index (Phi) is 6.54. The van der Waals surface area contributed by atoms with Gasteiger partial charge in [-0.25, -0.2) is 5.43 Å². The number of hydrogen-bond donors (Lipinski definition) is 1. The van der Waals surface area contributed by atoms with E-state index in [4.69, 9.17) is 11.6 Å². The number of nitrogens with one attached hydrogen (secondary N) is 1. The van der Waals surface area contributed by atoms with Crippen molar-refractivity contribution in [2.75, 3.05) is 25.9 Å². The van der Waals surface area contributed by atoms with Crippen LogP contribution in [0.15, 0.2) is 34.3 Å². The molecule has 1 fully saturated rings. The van der Waals surface area contributed by atoms with Crippen molar-refractivity contribution in [1.82, 2.24) is 10.3 Å². The molecular formula is C15H20ClN3OS. The van der Waals surface area contributed by atoms with Gasteiger partial charge in [0.15, 0.2) is 0 Å². The largest absolute Gasteiger partial charge is 0.306 e. The van der Waals surface area contributed by atoms with Crippen molar-refractivity contribution in [2.45, 2.75) is 24.2 Å². The van der Waals surface area contributed by atoms with E-state index in [1.54, 1.807) is 11.8 Å². The predicted octanol–water partition coefficient (Wildman–Crippen LogP) is 3.02. The number of amides is 1. The molecule has 0 aliphatic carbocycles. The van der Waals surface area contributed by atoms with E-state index in [2.05, 4.69) is 22.5 Å². The Balaban J connectivity index is 1.65.